The van der Waals surface area contributed by atoms with E-state index in [1.54, 1.807) is 20.8 Å². The van der Waals surface area contributed by atoms with Gasteiger partial charge in [0.1, 0.15) is 17.2 Å². The third-order valence-electron chi connectivity index (χ3n) is 3.35. The molecule has 0 aliphatic carbocycles. The molecule has 0 spiro atoms. The second-order valence-corrected chi connectivity index (χ2v) is 7.00. The topological polar surface area (TPSA) is 95.9 Å². The number of ether oxygens (including phenoxy) is 1. The summed E-state index contributed by atoms with van der Waals surface area (Å²) in [5, 5.41) is 11.5. The lowest BCUT2D eigenvalue weighted by Gasteiger charge is -2.49. The first kappa shape index (κ1) is 15.7. The van der Waals surface area contributed by atoms with Gasteiger partial charge in [-0.2, -0.15) is 0 Å². The van der Waals surface area contributed by atoms with Gasteiger partial charge in [0.2, 0.25) is 5.91 Å². The summed E-state index contributed by atoms with van der Waals surface area (Å²) in [7, 11) is 1.38. The summed E-state index contributed by atoms with van der Waals surface area (Å²) >= 11 is 1.38. The van der Waals surface area contributed by atoms with Crippen molar-refractivity contribution in [3.63, 3.8) is 0 Å². The molecule has 2 rings (SSSR count). The summed E-state index contributed by atoms with van der Waals surface area (Å²) in [6.07, 6.45) is 0. The predicted octanol–water partition coefficient (Wildman–Crippen LogP) is 0.375. The summed E-state index contributed by atoms with van der Waals surface area (Å²) in [5.74, 6) is -1.24. The fraction of sp³-hybridized carbons (Fsp3) is 0.615. The van der Waals surface area contributed by atoms with E-state index in [-0.39, 0.29) is 17.4 Å². The molecule has 2 amide bonds. The molecule has 2 atom stereocenters. The van der Waals surface area contributed by atoms with Crippen LogP contribution in [0.25, 0.3) is 0 Å². The highest BCUT2D eigenvalue weighted by atomic mass is 32.2. The number of carboxylic acid groups (broad SMARTS) is 1. The second kappa shape index (κ2) is 5.25. The SMILES string of the molecule is COC1=C(C(=O)O)N2C(=O)[C@@H](NC(=O)C(C)(C)C)[C@H]2SC1. The van der Waals surface area contributed by atoms with Gasteiger partial charge in [0.25, 0.3) is 5.91 Å². The zero-order valence-corrected chi connectivity index (χ0v) is 13.1. The van der Waals surface area contributed by atoms with E-state index in [0.29, 0.717) is 5.75 Å². The van der Waals surface area contributed by atoms with E-state index >= 15 is 0 Å². The lowest BCUT2D eigenvalue weighted by Crippen LogP contribution is -2.71. The van der Waals surface area contributed by atoms with E-state index in [9.17, 15) is 19.5 Å². The number of methoxy groups -OCH3 is 1. The van der Waals surface area contributed by atoms with Crippen molar-refractivity contribution in [2.24, 2.45) is 5.41 Å². The van der Waals surface area contributed by atoms with Crippen LogP contribution in [0.2, 0.25) is 0 Å². The number of nitrogens with one attached hydrogen (secondary N) is 1. The van der Waals surface area contributed by atoms with Crippen LogP contribution < -0.4 is 5.32 Å². The molecule has 0 aromatic carbocycles. The van der Waals surface area contributed by atoms with Crippen molar-refractivity contribution in [2.75, 3.05) is 12.9 Å². The van der Waals surface area contributed by atoms with Gasteiger partial charge < -0.3 is 15.2 Å². The van der Waals surface area contributed by atoms with Crippen molar-refractivity contribution in [1.82, 2.24) is 10.2 Å². The Morgan fingerprint density at radius 1 is 1.43 bits per heavy atom. The van der Waals surface area contributed by atoms with Crippen molar-refractivity contribution in [3.8, 4) is 0 Å². The van der Waals surface area contributed by atoms with Gasteiger partial charge in [-0.15, -0.1) is 11.8 Å². The Balaban J connectivity index is 2.19. The number of carboxylic acids is 1. The standard InChI is InChI=1S/C13H18N2O5S/c1-13(2,3)12(19)14-7-9(16)15-8(11(17)18)6(20-4)5-21-10(7)15/h7,10H,5H2,1-4H3,(H,14,19)(H,17,18)/t7-,10-/m1/s1. The Morgan fingerprint density at radius 3 is 2.52 bits per heavy atom. The van der Waals surface area contributed by atoms with Crippen molar-refractivity contribution in [2.45, 2.75) is 32.2 Å². The number of rotatable bonds is 3. The molecule has 2 aliphatic heterocycles. The van der Waals surface area contributed by atoms with Crippen molar-refractivity contribution < 1.29 is 24.2 Å². The highest BCUT2D eigenvalue weighted by Gasteiger charge is 2.55. The molecule has 7 nitrogen and oxygen atoms in total. The number of β-lactam (4-membered cyclic amide) rings is 1. The minimum atomic E-state index is -1.20. The molecule has 0 aromatic rings. The molecule has 0 radical (unpaired) electrons. The van der Waals surface area contributed by atoms with Gasteiger partial charge in [-0.25, -0.2) is 4.79 Å². The number of nitrogens with zero attached hydrogens (tertiary/aromatic N) is 1. The van der Waals surface area contributed by atoms with Crippen LogP contribution in [0.15, 0.2) is 11.5 Å². The van der Waals surface area contributed by atoms with Crippen LogP contribution in [0, 0.1) is 5.41 Å². The zero-order chi connectivity index (χ0) is 15.9. The summed E-state index contributed by atoms with van der Waals surface area (Å²) in [6, 6.07) is -0.686. The van der Waals surface area contributed by atoms with E-state index in [4.69, 9.17) is 4.74 Å². The molecular weight excluding hydrogens is 296 g/mol. The third kappa shape index (κ3) is 2.59. The summed E-state index contributed by atoms with van der Waals surface area (Å²) < 4.78 is 5.03. The second-order valence-electron chi connectivity index (χ2n) is 5.89. The Bertz CT molecular complexity index is 537. The van der Waals surface area contributed by atoms with Crippen LogP contribution >= 0.6 is 11.8 Å². The van der Waals surface area contributed by atoms with Crippen LogP contribution in [0.4, 0.5) is 0 Å². The van der Waals surface area contributed by atoms with Gasteiger partial charge in [0, 0.05) is 5.41 Å². The van der Waals surface area contributed by atoms with Crippen LogP contribution in [0.5, 0.6) is 0 Å². The fourth-order valence-electron chi connectivity index (χ4n) is 2.10. The highest BCUT2D eigenvalue weighted by Crippen LogP contribution is 2.40. The summed E-state index contributed by atoms with van der Waals surface area (Å²) in [4.78, 5) is 36.7. The van der Waals surface area contributed by atoms with Crippen LogP contribution in [-0.4, -0.2) is 52.1 Å². The van der Waals surface area contributed by atoms with E-state index in [1.165, 1.54) is 23.8 Å². The summed E-state index contributed by atoms with van der Waals surface area (Å²) in [6.45, 7) is 5.26. The molecule has 8 heteroatoms. The molecule has 116 valence electrons. The number of carbonyl (C=O) groups is 3. The predicted molar refractivity (Wildman–Crippen MR) is 76.1 cm³/mol. The monoisotopic (exact) mass is 314 g/mol. The van der Waals surface area contributed by atoms with E-state index in [2.05, 4.69) is 5.32 Å². The smallest absolute Gasteiger partial charge is 0.356 e. The zero-order valence-electron chi connectivity index (χ0n) is 12.3. The van der Waals surface area contributed by atoms with E-state index in [0.717, 1.165) is 0 Å². The van der Waals surface area contributed by atoms with Gasteiger partial charge in [-0.1, -0.05) is 20.8 Å². The maximum Gasteiger partial charge on any atom is 0.356 e. The number of fused-ring (bicyclic) bond motifs is 1. The third-order valence-corrected chi connectivity index (χ3v) is 4.60. The molecule has 21 heavy (non-hydrogen) atoms. The van der Waals surface area contributed by atoms with Gasteiger partial charge in [0.15, 0.2) is 5.70 Å². The molecule has 2 N–H and O–H groups in total. The lowest BCUT2D eigenvalue weighted by molar-refractivity contribution is -0.152. The minimum Gasteiger partial charge on any atom is -0.498 e. The van der Waals surface area contributed by atoms with Crippen molar-refractivity contribution in [3.05, 3.63) is 11.5 Å². The van der Waals surface area contributed by atoms with Crippen molar-refractivity contribution in [1.29, 1.82) is 0 Å². The average molecular weight is 314 g/mol. The lowest BCUT2D eigenvalue weighted by atomic mass is 9.94. The van der Waals surface area contributed by atoms with Crippen LogP contribution in [0.3, 0.4) is 0 Å². The molecule has 0 aromatic heterocycles. The quantitative estimate of drug-likeness (QED) is 0.731. The Labute approximate surface area is 126 Å². The van der Waals surface area contributed by atoms with Crippen LogP contribution in [-0.2, 0) is 19.1 Å². The minimum absolute atomic E-state index is 0.132. The molecule has 0 bridgehead atoms. The number of thioether (sulfide) groups is 1. The number of amides is 2. The Hall–Kier alpha value is -1.70. The first-order valence-electron chi connectivity index (χ1n) is 6.44. The van der Waals surface area contributed by atoms with E-state index in [1.807, 2.05) is 0 Å². The highest BCUT2D eigenvalue weighted by molar-refractivity contribution is 8.00. The molecule has 1 fully saturated rings. The largest absolute Gasteiger partial charge is 0.498 e. The molecule has 2 heterocycles. The number of carbonyl (C=O) groups excluding carboxylic acids is 2. The maximum absolute atomic E-state index is 12.2. The fourth-order valence-corrected chi connectivity index (χ4v) is 3.42. The average Bonchev–Trinajstić information content (AvgIpc) is 2.41. The summed E-state index contributed by atoms with van der Waals surface area (Å²) in [5.41, 5.74) is -0.740. The molecule has 0 unspecified atom stereocenters. The van der Waals surface area contributed by atoms with Crippen molar-refractivity contribution >= 4 is 29.5 Å². The van der Waals surface area contributed by atoms with Gasteiger partial charge in [-0.05, 0) is 0 Å². The Kier molecular flexibility index (Phi) is 3.92. The van der Waals surface area contributed by atoms with Gasteiger partial charge in [-0.3, -0.25) is 14.5 Å². The normalized spacial score (nSPS) is 25.1. The first-order chi connectivity index (χ1) is 9.68. The molecular formula is C13H18N2O5S. The van der Waals surface area contributed by atoms with Gasteiger partial charge >= 0.3 is 5.97 Å². The maximum atomic E-state index is 12.2. The van der Waals surface area contributed by atoms with Crippen LogP contribution in [0.1, 0.15) is 20.8 Å². The van der Waals surface area contributed by atoms with Gasteiger partial charge in [0.05, 0.1) is 12.9 Å². The number of hydrogen-bond donors (Lipinski definition) is 2. The Morgan fingerprint density at radius 2 is 2.05 bits per heavy atom. The molecule has 1 saturated heterocycles. The number of aliphatic carboxylic acids is 1. The first-order valence-corrected chi connectivity index (χ1v) is 7.49. The molecule has 2 aliphatic rings. The van der Waals surface area contributed by atoms with E-state index < -0.39 is 28.7 Å². The number of hydrogen-bond acceptors (Lipinski definition) is 5. The molecule has 0 saturated carbocycles.